The topological polar surface area (TPSA) is 67.2 Å². The zero-order valence-corrected chi connectivity index (χ0v) is 13.1. The predicted molar refractivity (Wildman–Crippen MR) is 84.0 cm³/mol. The van der Waals surface area contributed by atoms with Crippen LogP contribution < -0.4 is 5.32 Å². The lowest BCUT2D eigenvalue weighted by molar-refractivity contribution is 0.262. The molecule has 0 saturated carbocycles. The molecule has 0 unspecified atom stereocenters. The van der Waals surface area contributed by atoms with E-state index in [-0.39, 0.29) is 12.1 Å². The van der Waals surface area contributed by atoms with Gasteiger partial charge in [0.05, 0.1) is 30.5 Å². The number of nitrogens with one attached hydrogen (secondary N) is 1. The maximum atomic E-state index is 11.9. The van der Waals surface area contributed by atoms with Crippen molar-refractivity contribution >= 4 is 10.0 Å². The molecule has 1 saturated heterocycles. The Balaban J connectivity index is 1.74. The van der Waals surface area contributed by atoms with Crippen molar-refractivity contribution in [1.82, 2.24) is 19.2 Å². The Morgan fingerprint density at radius 3 is 2.95 bits per heavy atom. The van der Waals surface area contributed by atoms with Gasteiger partial charge in [0, 0.05) is 31.2 Å². The Kier molecular flexibility index (Phi) is 3.11. The van der Waals surface area contributed by atoms with E-state index in [1.165, 1.54) is 17.4 Å². The Morgan fingerprint density at radius 1 is 1.32 bits per heavy atom. The smallest absolute Gasteiger partial charge is 0.211 e. The van der Waals surface area contributed by atoms with E-state index >= 15 is 0 Å². The Morgan fingerprint density at radius 2 is 2.14 bits per heavy atom. The SMILES string of the molecule is CS(=O)(=O)N1CCN[C@@H]([C@@H]2c3ccccc3-c3cncn32)C1. The Bertz CT molecular complexity index is 814. The molecule has 4 rings (SSSR count). The fraction of sp³-hybridized carbons (Fsp3) is 0.400. The van der Waals surface area contributed by atoms with Crippen molar-refractivity contribution in [3.8, 4) is 11.3 Å². The first-order valence-corrected chi connectivity index (χ1v) is 9.20. The van der Waals surface area contributed by atoms with Crippen molar-refractivity contribution in [3.63, 3.8) is 0 Å². The molecule has 2 aromatic rings. The lowest BCUT2D eigenvalue weighted by Crippen LogP contribution is -2.55. The normalized spacial score (nSPS) is 25.0. The summed E-state index contributed by atoms with van der Waals surface area (Å²) in [6, 6.07) is 8.39. The number of rotatable bonds is 2. The molecule has 1 aromatic carbocycles. The average molecular weight is 318 g/mol. The lowest BCUT2D eigenvalue weighted by atomic mass is 9.96. The molecule has 0 amide bonds. The van der Waals surface area contributed by atoms with Gasteiger partial charge in [-0.2, -0.15) is 4.31 Å². The molecule has 7 heteroatoms. The number of fused-ring (bicyclic) bond motifs is 3. The second kappa shape index (κ2) is 4.91. The third-order valence-electron chi connectivity index (χ3n) is 4.54. The largest absolute Gasteiger partial charge is 0.321 e. The molecule has 0 radical (unpaired) electrons. The summed E-state index contributed by atoms with van der Waals surface area (Å²) in [4.78, 5) is 4.26. The van der Waals surface area contributed by atoms with E-state index in [0.29, 0.717) is 19.6 Å². The van der Waals surface area contributed by atoms with Gasteiger partial charge >= 0.3 is 0 Å². The van der Waals surface area contributed by atoms with Crippen molar-refractivity contribution in [2.45, 2.75) is 12.1 Å². The van der Waals surface area contributed by atoms with Gasteiger partial charge in [0.15, 0.2) is 0 Å². The molecule has 0 bridgehead atoms. The zero-order chi connectivity index (χ0) is 15.3. The highest BCUT2D eigenvalue weighted by Crippen LogP contribution is 2.41. The van der Waals surface area contributed by atoms with E-state index in [4.69, 9.17) is 0 Å². The third-order valence-corrected chi connectivity index (χ3v) is 5.81. The minimum absolute atomic E-state index is 0.0417. The molecule has 22 heavy (non-hydrogen) atoms. The summed E-state index contributed by atoms with van der Waals surface area (Å²) in [5.41, 5.74) is 3.51. The molecule has 3 heterocycles. The highest BCUT2D eigenvalue weighted by molar-refractivity contribution is 7.88. The highest BCUT2D eigenvalue weighted by atomic mass is 32.2. The van der Waals surface area contributed by atoms with Crippen molar-refractivity contribution in [2.75, 3.05) is 25.9 Å². The molecule has 1 aromatic heterocycles. The number of aromatic nitrogens is 2. The van der Waals surface area contributed by atoms with Gasteiger partial charge in [0.25, 0.3) is 0 Å². The highest BCUT2D eigenvalue weighted by Gasteiger charge is 2.37. The number of imidazole rings is 1. The van der Waals surface area contributed by atoms with Gasteiger partial charge in [0.1, 0.15) is 0 Å². The predicted octanol–water partition coefficient (Wildman–Crippen LogP) is 0.686. The van der Waals surface area contributed by atoms with Crippen molar-refractivity contribution in [1.29, 1.82) is 0 Å². The molecule has 1 fully saturated rings. The molecule has 2 atom stereocenters. The summed E-state index contributed by atoms with van der Waals surface area (Å²) in [6.45, 7) is 1.68. The summed E-state index contributed by atoms with van der Waals surface area (Å²) in [5, 5.41) is 3.48. The van der Waals surface area contributed by atoms with Crippen molar-refractivity contribution in [3.05, 3.63) is 42.4 Å². The molecular weight excluding hydrogens is 300 g/mol. The van der Waals surface area contributed by atoms with Gasteiger partial charge in [-0.25, -0.2) is 13.4 Å². The van der Waals surface area contributed by atoms with Gasteiger partial charge < -0.3 is 9.88 Å². The molecule has 6 nitrogen and oxygen atoms in total. The van der Waals surface area contributed by atoms with Crippen LogP contribution in [0.3, 0.4) is 0 Å². The monoisotopic (exact) mass is 318 g/mol. The number of hydrogen-bond acceptors (Lipinski definition) is 4. The minimum Gasteiger partial charge on any atom is -0.321 e. The molecule has 0 spiro atoms. The number of piperazine rings is 1. The first kappa shape index (κ1) is 13.9. The average Bonchev–Trinajstić information content (AvgIpc) is 3.06. The first-order valence-electron chi connectivity index (χ1n) is 7.35. The summed E-state index contributed by atoms with van der Waals surface area (Å²) in [5.74, 6) is 0. The van der Waals surface area contributed by atoms with Crippen LogP contribution in [-0.4, -0.2) is 54.2 Å². The lowest BCUT2D eigenvalue weighted by Gasteiger charge is -2.36. The fourth-order valence-electron chi connectivity index (χ4n) is 3.55. The van der Waals surface area contributed by atoms with E-state index in [9.17, 15) is 8.42 Å². The molecule has 1 N–H and O–H groups in total. The maximum Gasteiger partial charge on any atom is 0.211 e. The van der Waals surface area contributed by atoms with Gasteiger partial charge in [-0.3, -0.25) is 0 Å². The third kappa shape index (κ3) is 2.08. The van der Waals surface area contributed by atoms with Gasteiger partial charge in [-0.15, -0.1) is 0 Å². The number of sulfonamides is 1. The Labute approximate surface area is 129 Å². The van der Waals surface area contributed by atoms with Crippen LogP contribution in [0.1, 0.15) is 11.6 Å². The van der Waals surface area contributed by atoms with Crippen LogP contribution in [0.2, 0.25) is 0 Å². The summed E-state index contributed by atoms with van der Waals surface area (Å²) in [7, 11) is -3.16. The summed E-state index contributed by atoms with van der Waals surface area (Å²) >= 11 is 0. The van der Waals surface area contributed by atoms with Crippen LogP contribution in [0.4, 0.5) is 0 Å². The van der Waals surface area contributed by atoms with Gasteiger partial charge in [0.2, 0.25) is 10.0 Å². The maximum absolute atomic E-state index is 11.9. The number of benzene rings is 1. The molecule has 2 aliphatic rings. The van der Waals surface area contributed by atoms with Crippen molar-refractivity contribution < 1.29 is 8.42 Å². The second-order valence-corrected chi connectivity index (χ2v) is 7.88. The van der Waals surface area contributed by atoms with Crippen LogP contribution in [0.25, 0.3) is 11.3 Å². The van der Waals surface area contributed by atoms with E-state index < -0.39 is 10.0 Å². The molecule has 116 valence electrons. The van der Waals surface area contributed by atoms with E-state index in [1.807, 2.05) is 24.7 Å². The fourth-order valence-corrected chi connectivity index (χ4v) is 4.40. The minimum atomic E-state index is -3.16. The van der Waals surface area contributed by atoms with Crippen LogP contribution in [0, 0.1) is 0 Å². The van der Waals surface area contributed by atoms with E-state index in [0.717, 1.165) is 5.69 Å². The van der Waals surface area contributed by atoms with E-state index in [2.05, 4.69) is 27.0 Å². The second-order valence-electron chi connectivity index (χ2n) is 5.90. The van der Waals surface area contributed by atoms with Crippen molar-refractivity contribution in [2.24, 2.45) is 0 Å². The van der Waals surface area contributed by atoms with Gasteiger partial charge in [-0.1, -0.05) is 24.3 Å². The quantitative estimate of drug-likeness (QED) is 0.884. The zero-order valence-electron chi connectivity index (χ0n) is 12.3. The van der Waals surface area contributed by atoms with Crippen LogP contribution in [-0.2, 0) is 10.0 Å². The number of hydrogen-bond donors (Lipinski definition) is 1. The molecule has 2 aliphatic heterocycles. The molecule has 0 aliphatic carbocycles. The summed E-state index contributed by atoms with van der Waals surface area (Å²) < 4.78 is 27.4. The van der Waals surface area contributed by atoms with Gasteiger partial charge in [-0.05, 0) is 5.56 Å². The van der Waals surface area contributed by atoms with Crippen LogP contribution >= 0.6 is 0 Å². The first-order chi connectivity index (χ1) is 10.6. The number of nitrogens with zero attached hydrogens (tertiary/aromatic N) is 3. The van der Waals surface area contributed by atoms with E-state index in [1.54, 1.807) is 4.31 Å². The van der Waals surface area contributed by atoms with Crippen LogP contribution in [0.15, 0.2) is 36.8 Å². The van der Waals surface area contributed by atoms with Crippen LogP contribution in [0.5, 0.6) is 0 Å². The standard InChI is InChI=1S/C15H18N4O2S/c1-22(20,21)18-7-6-17-13(9-18)15-12-5-3-2-4-11(12)14-8-16-10-19(14)15/h2-5,8,10,13,15,17H,6-7,9H2,1H3/t13-,15+/m1/s1. The Hall–Kier alpha value is -1.70. The molecular formula is C15H18N4O2S. The summed E-state index contributed by atoms with van der Waals surface area (Å²) in [6.07, 6.45) is 4.98.